The minimum absolute atomic E-state index is 0. The zero-order chi connectivity index (χ0) is 18.3. The van der Waals surface area contributed by atoms with Crippen LogP contribution in [0.2, 0.25) is 0 Å². The summed E-state index contributed by atoms with van der Waals surface area (Å²) in [6, 6.07) is 13.7. The molecule has 2 aromatic rings. The van der Waals surface area contributed by atoms with E-state index in [0.29, 0.717) is 0 Å². The standard InChI is InChI=1S/C18H19F3N2O2.ClH/c19-18(20,21)14-8-4-5-9-16(14)25-11-10-23-17(24)12-15(22)13-6-2-1-3-7-13;/h1-9,15H,10-12,22H2,(H,23,24);1H. The van der Waals surface area contributed by atoms with Crippen molar-refractivity contribution < 1.29 is 22.7 Å². The number of amides is 1. The first-order chi connectivity index (χ1) is 11.9. The van der Waals surface area contributed by atoms with Gasteiger partial charge in [0.15, 0.2) is 0 Å². The molecule has 0 aliphatic heterocycles. The summed E-state index contributed by atoms with van der Waals surface area (Å²) < 4.78 is 43.6. The Morgan fingerprint density at radius 2 is 1.69 bits per heavy atom. The molecule has 4 nitrogen and oxygen atoms in total. The number of carbonyl (C=O) groups excluding carboxylic acids is 1. The lowest BCUT2D eigenvalue weighted by Crippen LogP contribution is -2.31. The van der Waals surface area contributed by atoms with Crippen molar-refractivity contribution in [3.05, 3.63) is 65.7 Å². The van der Waals surface area contributed by atoms with Gasteiger partial charge in [0.1, 0.15) is 12.4 Å². The fourth-order valence-electron chi connectivity index (χ4n) is 2.27. The number of hydrogen-bond acceptors (Lipinski definition) is 3. The molecule has 1 unspecified atom stereocenters. The van der Waals surface area contributed by atoms with Crippen LogP contribution in [0.5, 0.6) is 5.75 Å². The number of para-hydroxylation sites is 1. The van der Waals surface area contributed by atoms with E-state index in [9.17, 15) is 18.0 Å². The highest BCUT2D eigenvalue weighted by atomic mass is 35.5. The van der Waals surface area contributed by atoms with Crippen molar-refractivity contribution >= 4 is 18.3 Å². The third-order valence-corrected chi connectivity index (χ3v) is 3.51. The molecule has 142 valence electrons. The first kappa shape index (κ1) is 21.8. The van der Waals surface area contributed by atoms with E-state index in [-0.39, 0.29) is 43.6 Å². The Kier molecular flexibility index (Phi) is 8.41. The van der Waals surface area contributed by atoms with Gasteiger partial charge < -0.3 is 15.8 Å². The molecule has 0 spiro atoms. The molecular formula is C18H20ClF3N2O2. The van der Waals surface area contributed by atoms with Crippen LogP contribution in [-0.2, 0) is 11.0 Å². The van der Waals surface area contributed by atoms with E-state index in [1.807, 2.05) is 30.3 Å². The molecule has 0 bridgehead atoms. The molecule has 0 aromatic heterocycles. The number of benzene rings is 2. The Morgan fingerprint density at radius 3 is 2.35 bits per heavy atom. The number of nitrogens with one attached hydrogen (secondary N) is 1. The quantitative estimate of drug-likeness (QED) is 0.711. The zero-order valence-electron chi connectivity index (χ0n) is 13.8. The van der Waals surface area contributed by atoms with E-state index >= 15 is 0 Å². The first-order valence-corrected chi connectivity index (χ1v) is 7.74. The molecule has 0 radical (unpaired) electrons. The highest BCUT2D eigenvalue weighted by Gasteiger charge is 2.33. The third kappa shape index (κ3) is 6.57. The lowest BCUT2D eigenvalue weighted by Gasteiger charge is -2.15. The smallest absolute Gasteiger partial charge is 0.419 e. The van der Waals surface area contributed by atoms with Crippen molar-refractivity contribution in [3.8, 4) is 5.75 Å². The molecule has 2 aromatic carbocycles. The van der Waals surface area contributed by atoms with Gasteiger partial charge in [0, 0.05) is 12.5 Å². The molecule has 0 aliphatic rings. The van der Waals surface area contributed by atoms with Crippen LogP contribution in [0.15, 0.2) is 54.6 Å². The molecule has 0 aliphatic carbocycles. The molecule has 2 rings (SSSR count). The molecule has 8 heteroatoms. The fourth-order valence-corrected chi connectivity index (χ4v) is 2.27. The van der Waals surface area contributed by atoms with Gasteiger partial charge in [0.05, 0.1) is 12.1 Å². The molecule has 0 saturated heterocycles. The summed E-state index contributed by atoms with van der Waals surface area (Å²) in [6.07, 6.45) is -4.40. The van der Waals surface area contributed by atoms with E-state index < -0.39 is 17.8 Å². The minimum atomic E-state index is -4.48. The molecular weight excluding hydrogens is 369 g/mol. The van der Waals surface area contributed by atoms with Crippen LogP contribution in [0.25, 0.3) is 0 Å². The van der Waals surface area contributed by atoms with Gasteiger partial charge >= 0.3 is 6.18 Å². The van der Waals surface area contributed by atoms with Crippen molar-refractivity contribution in [2.45, 2.75) is 18.6 Å². The molecule has 0 saturated carbocycles. The lowest BCUT2D eigenvalue weighted by atomic mass is 10.0. The largest absolute Gasteiger partial charge is 0.491 e. The van der Waals surface area contributed by atoms with Gasteiger partial charge in [0.2, 0.25) is 5.91 Å². The monoisotopic (exact) mass is 388 g/mol. The van der Waals surface area contributed by atoms with Gasteiger partial charge in [-0.05, 0) is 17.7 Å². The number of hydrogen-bond donors (Lipinski definition) is 2. The van der Waals surface area contributed by atoms with Gasteiger partial charge in [0.25, 0.3) is 0 Å². The maximum Gasteiger partial charge on any atom is 0.419 e. The highest BCUT2D eigenvalue weighted by Crippen LogP contribution is 2.35. The molecule has 26 heavy (non-hydrogen) atoms. The van der Waals surface area contributed by atoms with E-state index in [4.69, 9.17) is 10.5 Å². The number of nitrogens with two attached hydrogens (primary N) is 1. The average Bonchev–Trinajstić information content (AvgIpc) is 2.59. The third-order valence-electron chi connectivity index (χ3n) is 3.51. The SMILES string of the molecule is Cl.NC(CC(=O)NCCOc1ccccc1C(F)(F)F)c1ccccc1. The van der Waals surface area contributed by atoms with Crippen LogP contribution in [0.1, 0.15) is 23.6 Å². The van der Waals surface area contributed by atoms with Crippen LogP contribution in [0.4, 0.5) is 13.2 Å². The summed E-state index contributed by atoms with van der Waals surface area (Å²) in [5.74, 6) is -0.547. The van der Waals surface area contributed by atoms with Gasteiger partial charge in [-0.1, -0.05) is 42.5 Å². The molecule has 0 heterocycles. The van der Waals surface area contributed by atoms with Crippen molar-refractivity contribution in [2.75, 3.05) is 13.2 Å². The summed E-state index contributed by atoms with van der Waals surface area (Å²) in [4.78, 5) is 11.8. The summed E-state index contributed by atoms with van der Waals surface area (Å²) in [6.45, 7) is 0.0198. The Bertz CT molecular complexity index is 696. The summed E-state index contributed by atoms with van der Waals surface area (Å²) in [5, 5.41) is 2.59. The zero-order valence-corrected chi connectivity index (χ0v) is 14.6. The fraction of sp³-hybridized carbons (Fsp3) is 0.278. The lowest BCUT2D eigenvalue weighted by molar-refractivity contribution is -0.139. The van der Waals surface area contributed by atoms with Gasteiger partial charge in [-0.25, -0.2) is 0 Å². The van der Waals surface area contributed by atoms with Crippen molar-refractivity contribution in [2.24, 2.45) is 5.73 Å². The maximum atomic E-state index is 12.8. The van der Waals surface area contributed by atoms with Crippen LogP contribution in [0.3, 0.4) is 0 Å². The molecule has 3 N–H and O–H groups in total. The highest BCUT2D eigenvalue weighted by molar-refractivity contribution is 5.85. The van der Waals surface area contributed by atoms with Crippen molar-refractivity contribution in [3.63, 3.8) is 0 Å². The predicted octanol–water partition coefficient (Wildman–Crippen LogP) is 3.71. The van der Waals surface area contributed by atoms with Crippen LogP contribution in [0, 0.1) is 0 Å². The van der Waals surface area contributed by atoms with Crippen molar-refractivity contribution in [1.82, 2.24) is 5.32 Å². The second-order valence-electron chi connectivity index (χ2n) is 5.41. The van der Waals surface area contributed by atoms with Crippen LogP contribution < -0.4 is 15.8 Å². The van der Waals surface area contributed by atoms with Crippen LogP contribution >= 0.6 is 12.4 Å². The van der Waals surface area contributed by atoms with Crippen molar-refractivity contribution in [1.29, 1.82) is 0 Å². The summed E-state index contributed by atoms with van der Waals surface area (Å²) in [7, 11) is 0. The molecule has 1 atom stereocenters. The number of alkyl halides is 3. The second kappa shape index (κ2) is 10.0. The first-order valence-electron chi connectivity index (χ1n) is 7.74. The Labute approximate surface area is 155 Å². The Hall–Kier alpha value is -2.25. The van der Waals surface area contributed by atoms with Crippen LogP contribution in [-0.4, -0.2) is 19.1 Å². The van der Waals surface area contributed by atoms with E-state index in [1.165, 1.54) is 18.2 Å². The van der Waals surface area contributed by atoms with E-state index in [0.717, 1.165) is 11.6 Å². The summed E-state index contributed by atoms with van der Waals surface area (Å²) >= 11 is 0. The number of carbonyl (C=O) groups is 1. The normalized spacial score (nSPS) is 12.0. The number of rotatable bonds is 7. The summed E-state index contributed by atoms with van der Waals surface area (Å²) in [5.41, 5.74) is 5.94. The van der Waals surface area contributed by atoms with E-state index in [1.54, 1.807) is 0 Å². The Balaban J connectivity index is 0.00000338. The minimum Gasteiger partial charge on any atom is -0.491 e. The maximum absolute atomic E-state index is 12.8. The van der Waals surface area contributed by atoms with Gasteiger partial charge in [-0.2, -0.15) is 13.2 Å². The number of ether oxygens (including phenoxy) is 1. The molecule has 0 fully saturated rings. The average molecular weight is 389 g/mol. The Morgan fingerprint density at radius 1 is 1.08 bits per heavy atom. The van der Waals surface area contributed by atoms with Gasteiger partial charge in [-0.3, -0.25) is 4.79 Å². The van der Waals surface area contributed by atoms with Gasteiger partial charge in [-0.15, -0.1) is 12.4 Å². The number of halogens is 4. The topological polar surface area (TPSA) is 64.4 Å². The predicted molar refractivity (Wildman–Crippen MR) is 95.2 cm³/mol. The molecule has 1 amide bonds. The second-order valence-corrected chi connectivity index (χ2v) is 5.41. The van der Waals surface area contributed by atoms with E-state index in [2.05, 4.69) is 5.32 Å².